The zero-order chi connectivity index (χ0) is 16.5. The molecule has 0 amide bonds. The standard InChI is InChI=1S/C15H20ClN3O2S/c1-10-5-6-13(11(2)9-10)7-8-17-22(20,21)14-12(3)18-19(4)15(14)16/h5-6,9,17H,7-8H2,1-4H3. The lowest BCUT2D eigenvalue weighted by Gasteiger charge is -2.09. The number of halogens is 1. The van der Waals surface area contributed by atoms with Crippen molar-refractivity contribution in [1.29, 1.82) is 0 Å². The Bertz CT molecular complexity index is 797. The Morgan fingerprint density at radius 3 is 2.50 bits per heavy atom. The first-order chi connectivity index (χ1) is 10.2. The lowest BCUT2D eigenvalue weighted by molar-refractivity contribution is 0.581. The highest BCUT2D eigenvalue weighted by molar-refractivity contribution is 7.89. The van der Waals surface area contributed by atoms with Crippen LogP contribution in [0.3, 0.4) is 0 Å². The molecule has 0 aliphatic carbocycles. The Hall–Kier alpha value is -1.37. The lowest BCUT2D eigenvalue weighted by atomic mass is 10.0. The van der Waals surface area contributed by atoms with Crippen molar-refractivity contribution in [3.05, 3.63) is 45.7 Å². The van der Waals surface area contributed by atoms with Crippen LogP contribution in [0, 0.1) is 20.8 Å². The Morgan fingerprint density at radius 1 is 1.27 bits per heavy atom. The molecule has 2 aromatic rings. The van der Waals surface area contributed by atoms with E-state index in [1.807, 2.05) is 26.0 Å². The van der Waals surface area contributed by atoms with Gasteiger partial charge in [-0.1, -0.05) is 35.4 Å². The van der Waals surface area contributed by atoms with Gasteiger partial charge in [-0.15, -0.1) is 0 Å². The number of aromatic nitrogens is 2. The van der Waals surface area contributed by atoms with E-state index in [0.717, 1.165) is 11.1 Å². The second-order valence-electron chi connectivity index (χ2n) is 5.41. The summed E-state index contributed by atoms with van der Waals surface area (Å²) in [4.78, 5) is 0.0531. The number of nitrogens with zero attached hydrogens (tertiary/aromatic N) is 2. The van der Waals surface area contributed by atoms with E-state index in [1.165, 1.54) is 10.2 Å². The van der Waals surface area contributed by atoms with E-state index in [-0.39, 0.29) is 10.0 Å². The summed E-state index contributed by atoms with van der Waals surface area (Å²) in [6.45, 7) is 6.01. The molecule has 7 heteroatoms. The molecule has 0 aliphatic rings. The summed E-state index contributed by atoms with van der Waals surface area (Å²) in [6, 6.07) is 6.15. The fraction of sp³-hybridized carbons (Fsp3) is 0.400. The molecule has 0 atom stereocenters. The fourth-order valence-corrected chi connectivity index (χ4v) is 4.21. The summed E-state index contributed by atoms with van der Waals surface area (Å²) in [6.07, 6.45) is 0.627. The number of sulfonamides is 1. The average Bonchev–Trinajstić information content (AvgIpc) is 2.66. The van der Waals surface area contributed by atoms with E-state index >= 15 is 0 Å². The molecule has 2 rings (SSSR count). The minimum Gasteiger partial charge on any atom is -0.255 e. The SMILES string of the molecule is Cc1ccc(CCNS(=O)(=O)c2c(C)nn(C)c2Cl)c(C)c1. The topological polar surface area (TPSA) is 64.0 Å². The maximum absolute atomic E-state index is 12.4. The Balaban J connectivity index is 2.10. The number of rotatable bonds is 5. The minimum absolute atomic E-state index is 0.0531. The second kappa shape index (κ2) is 6.40. The number of aryl methyl sites for hydroxylation is 4. The van der Waals surface area contributed by atoms with Crippen molar-refractivity contribution in [3.63, 3.8) is 0 Å². The van der Waals surface area contributed by atoms with Gasteiger partial charge in [0.1, 0.15) is 10.0 Å². The second-order valence-corrected chi connectivity index (χ2v) is 7.47. The lowest BCUT2D eigenvalue weighted by Crippen LogP contribution is -2.26. The van der Waals surface area contributed by atoms with Crippen LogP contribution < -0.4 is 4.72 Å². The van der Waals surface area contributed by atoms with Crippen molar-refractivity contribution in [2.24, 2.45) is 7.05 Å². The molecule has 1 heterocycles. The van der Waals surface area contributed by atoms with E-state index in [9.17, 15) is 8.42 Å². The van der Waals surface area contributed by atoms with E-state index in [2.05, 4.69) is 15.9 Å². The van der Waals surface area contributed by atoms with Crippen LogP contribution in [0.1, 0.15) is 22.4 Å². The molecule has 0 unspecified atom stereocenters. The van der Waals surface area contributed by atoms with Gasteiger partial charge in [0.05, 0.1) is 5.69 Å². The molecule has 1 aromatic heterocycles. The molecule has 5 nitrogen and oxygen atoms in total. The fourth-order valence-electron chi connectivity index (χ4n) is 2.43. The average molecular weight is 342 g/mol. The molecule has 1 aromatic carbocycles. The molecule has 0 spiro atoms. The molecule has 0 saturated heterocycles. The van der Waals surface area contributed by atoms with Gasteiger partial charge in [-0.2, -0.15) is 5.10 Å². The van der Waals surface area contributed by atoms with Crippen LogP contribution in [0.4, 0.5) is 0 Å². The first kappa shape index (κ1) is 17.0. The highest BCUT2D eigenvalue weighted by Crippen LogP contribution is 2.23. The van der Waals surface area contributed by atoms with Gasteiger partial charge in [0.15, 0.2) is 0 Å². The van der Waals surface area contributed by atoms with E-state index < -0.39 is 10.0 Å². The molecule has 0 aliphatic heterocycles. The number of nitrogens with one attached hydrogen (secondary N) is 1. The third kappa shape index (κ3) is 3.51. The van der Waals surface area contributed by atoms with Crippen molar-refractivity contribution in [3.8, 4) is 0 Å². The van der Waals surface area contributed by atoms with Gasteiger partial charge < -0.3 is 0 Å². The van der Waals surface area contributed by atoms with Gasteiger partial charge in [0.2, 0.25) is 10.0 Å². The van der Waals surface area contributed by atoms with Crippen LogP contribution in [0.15, 0.2) is 23.1 Å². The Labute approximate surface area is 136 Å². The summed E-state index contributed by atoms with van der Waals surface area (Å²) in [5, 5.41) is 4.15. The molecular weight excluding hydrogens is 322 g/mol. The van der Waals surface area contributed by atoms with Crippen molar-refractivity contribution < 1.29 is 8.42 Å². The van der Waals surface area contributed by atoms with Crippen molar-refractivity contribution in [2.45, 2.75) is 32.1 Å². The van der Waals surface area contributed by atoms with E-state index in [4.69, 9.17) is 11.6 Å². The zero-order valence-electron chi connectivity index (χ0n) is 13.1. The Kier molecular flexibility index (Phi) is 4.94. The minimum atomic E-state index is -3.66. The quantitative estimate of drug-likeness (QED) is 0.908. The van der Waals surface area contributed by atoms with E-state index in [0.29, 0.717) is 18.7 Å². The van der Waals surface area contributed by atoms with Crippen molar-refractivity contribution >= 4 is 21.6 Å². The van der Waals surface area contributed by atoms with Gasteiger partial charge in [0, 0.05) is 13.6 Å². The predicted octanol–water partition coefficient (Wildman–Crippen LogP) is 2.52. The number of hydrogen-bond donors (Lipinski definition) is 1. The first-order valence-electron chi connectivity index (χ1n) is 6.97. The van der Waals surface area contributed by atoms with Gasteiger partial charge >= 0.3 is 0 Å². The highest BCUT2D eigenvalue weighted by atomic mass is 35.5. The first-order valence-corrected chi connectivity index (χ1v) is 8.83. The summed E-state index contributed by atoms with van der Waals surface area (Å²) in [5.41, 5.74) is 3.88. The Morgan fingerprint density at radius 2 is 1.95 bits per heavy atom. The van der Waals surface area contributed by atoms with E-state index in [1.54, 1.807) is 14.0 Å². The third-order valence-electron chi connectivity index (χ3n) is 3.55. The molecule has 0 bridgehead atoms. The smallest absolute Gasteiger partial charge is 0.245 e. The van der Waals surface area contributed by atoms with Gasteiger partial charge in [-0.25, -0.2) is 13.1 Å². The molecular formula is C15H20ClN3O2S. The van der Waals surface area contributed by atoms with Crippen molar-refractivity contribution in [2.75, 3.05) is 6.54 Å². The molecule has 1 N–H and O–H groups in total. The third-order valence-corrected chi connectivity index (χ3v) is 5.71. The summed E-state index contributed by atoms with van der Waals surface area (Å²) in [5.74, 6) is 0. The normalized spacial score (nSPS) is 11.9. The monoisotopic (exact) mass is 341 g/mol. The largest absolute Gasteiger partial charge is 0.255 e. The van der Waals surface area contributed by atoms with Crippen LogP contribution >= 0.6 is 11.6 Å². The maximum atomic E-state index is 12.4. The zero-order valence-corrected chi connectivity index (χ0v) is 14.7. The highest BCUT2D eigenvalue weighted by Gasteiger charge is 2.24. The summed E-state index contributed by atoms with van der Waals surface area (Å²) < 4.78 is 28.7. The van der Waals surface area contributed by atoms with Crippen LogP contribution in [-0.4, -0.2) is 24.7 Å². The molecule has 0 saturated carbocycles. The predicted molar refractivity (Wildman–Crippen MR) is 87.8 cm³/mol. The molecule has 120 valence electrons. The summed E-state index contributed by atoms with van der Waals surface area (Å²) >= 11 is 6.02. The summed E-state index contributed by atoms with van der Waals surface area (Å²) in [7, 11) is -2.04. The van der Waals surface area contributed by atoms with Crippen molar-refractivity contribution in [1.82, 2.24) is 14.5 Å². The van der Waals surface area contributed by atoms with Crippen LogP contribution in [0.5, 0.6) is 0 Å². The van der Waals surface area contributed by atoms with Crippen LogP contribution in [-0.2, 0) is 23.5 Å². The van der Waals surface area contributed by atoms with Crippen LogP contribution in [0.25, 0.3) is 0 Å². The van der Waals surface area contributed by atoms with Crippen LogP contribution in [0.2, 0.25) is 5.15 Å². The van der Waals surface area contributed by atoms with Gasteiger partial charge in [-0.3, -0.25) is 4.68 Å². The van der Waals surface area contributed by atoms with Gasteiger partial charge in [-0.05, 0) is 38.3 Å². The number of hydrogen-bond acceptors (Lipinski definition) is 3. The number of benzene rings is 1. The molecule has 0 radical (unpaired) electrons. The maximum Gasteiger partial charge on any atom is 0.245 e. The molecule has 22 heavy (non-hydrogen) atoms. The van der Waals surface area contributed by atoms with Gasteiger partial charge in [0.25, 0.3) is 0 Å². The molecule has 0 fully saturated rings.